The van der Waals surface area contributed by atoms with E-state index >= 15 is 0 Å². The molecule has 0 radical (unpaired) electrons. The van der Waals surface area contributed by atoms with E-state index in [2.05, 4.69) is 20.8 Å². The quantitative estimate of drug-likeness (QED) is 0.557. The lowest BCUT2D eigenvalue weighted by molar-refractivity contribution is -0.323. The molecule has 1 aliphatic rings. The van der Waals surface area contributed by atoms with Crippen molar-refractivity contribution in [2.24, 2.45) is 0 Å². The van der Waals surface area contributed by atoms with Crippen molar-refractivity contribution in [3.05, 3.63) is 12.7 Å². The molecule has 1 heterocycles. The fraction of sp³-hybridized carbons (Fsp3) is 0.818. The van der Waals surface area contributed by atoms with Crippen molar-refractivity contribution in [3.63, 3.8) is 0 Å². The van der Waals surface area contributed by atoms with E-state index in [1.807, 2.05) is 0 Å². The first kappa shape index (κ1) is 17.3. The van der Waals surface area contributed by atoms with Crippen LogP contribution in [0, 0.1) is 0 Å². The fourth-order valence-corrected chi connectivity index (χ4v) is 1.66. The molecular formula is C11H14F6O3. The van der Waals surface area contributed by atoms with E-state index in [1.54, 1.807) is 0 Å². The topological polar surface area (TPSA) is 27.7 Å². The molecule has 0 bridgehead atoms. The van der Waals surface area contributed by atoms with Gasteiger partial charge in [-0.2, -0.15) is 13.2 Å². The Balaban J connectivity index is 2.87. The van der Waals surface area contributed by atoms with Crippen LogP contribution in [0.15, 0.2) is 12.7 Å². The Morgan fingerprint density at radius 1 is 1.25 bits per heavy atom. The van der Waals surface area contributed by atoms with Crippen LogP contribution in [0.2, 0.25) is 0 Å². The summed E-state index contributed by atoms with van der Waals surface area (Å²) in [5.74, 6) is -4.41. The molecular weight excluding hydrogens is 294 g/mol. The number of halogens is 6. The van der Waals surface area contributed by atoms with Crippen LogP contribution >= 0.6 is 0 Å². The number of ether oxygens (including phenoxy) is 3. The summed E-state index contributed by atoms with van der Waals surface area (Å²) >= 11 is 0. The van der Waals surface area contributed by atoms with Crippen LogP contribution in [0.3, 0.4) is 0 Å². The highest BCUT2D eigenvalue weighted by Crippen LogP contribution is 2.39. The van der Waals surface area contributed by atoms with E-state index in [4.69, 9.17) is 0 Å². The van der Waals surface area contributed by atoms with Crippen molar-refractivity contribution in [1.29, 1.82) is 0 Å². The first-order valence-electron chi connectivity index (χ1n) is 5.69. The summed E-state index contributed by atoms with van der Waals surface area (Å²) < 4.78 is 91.5. The smallest absolute Gasteiger partial charge is 0.376 e. The molecule has 0 aromatic heterocycles. The molecule has 118 valence electrons. The first-order chi connectivity index (χ1) is 9.23. The van der Waals surface area contributed by atoms with E-state index in [1.165, 1.54) is 0 Å². The number of alkyl halides is 6. The van der Waals surface area contributed by atoms with E-state index in [0.717, 1.165) is 6.08 Å². The maximum Gasteiger partial charge on any atom is 0.420 e. The maximum atomic E-state index is 13.9. The fourth-order valence-electron chi connectivity index (χ4n) is 1.66. The zero-order valence-electron chi connectivity index (χ0n) is 10.3. The van der Waals surface area contributed by atoms with Crippen LogP contribution < -0.4 is 0 Å². The summed E-state index contributed by atoms with van der Waals surface area (Å²) in [7, 11) is 0. The Bertz CT molecular complexity index is 320. The van der Waals surface area contributed by atoms with Gasteiger partial charge >= 0.3 is 12.1 Å². The van der Waals surface area contributed by atoms with Crippen molar-refractivity contribution in [2.45, 2.75) is 30.4 Å². The predicted molar refractivity (Wildman–Crippen MR) is 56.4 cm³/mol. The van der Waals surface area contributed by atoms with E-state index in [9.17, 15) is 26.3 Å². The molecule has 0 aromatic carbocycles. The van der Waals surface area contributed by atoms with Gasteiger partial charge in [-0.25, -0.2) is 13.2 Å². The minimum Gasteiger partial charge on any atom is -0.376 e. The molecule has 0 aromatic rings. The van der Waals surface area contributed by atoms with Gasteiger partial charge in [0.1, 0.15) is 18.9 Å². The molecule has 3 unspecified atom stereocenters. The van der Waals surface area contributed by atoms with Crippen LogP contribution in [0.5, 0.6) is 0 Å². The van der Waals surface area contributed by atoms with Gasteiger partial charge in [0.05, 0.1) is 19.8 Å². The van der Waals surface area contributed by atoms with E-state index in [-0.39, 0.29) is 6.61 Å². The van der Waals surface area contributed by atoms with Crippen molar-refractivity contribution < 1.29 is 40.6 Å². The normalized spacial score (nSPS) is 26.3. The van der Waals surface area contributed by atoms with E-state index in [0.29, 0.717) is 0 Å². The predicted octanol–water partition coefficient (Wildman–Crippen LogP) is 2.51. The molecule has 0 amide bonds. The van der Waals surface area contributed by atoms with E-state index < -0.39 is 50.3 Å². The summed E-state index contributed by atoms with van der Waals surface area (Å²) in [6, 6.07) is 0. The van der Waals surface area contributed by atoms with Gasteiger partial charge in [0.2, 0.25) is 6.10 Å². The second-order valence-electron chi connectivity index (χ2n) is 4.16. The minimum atomic E-state index is -5.31. The Labute approximate surface area is 111 Å². The monoisotopic (exact) mass is 308 g/mol. The Morgan fingerprint density at radius 2 is 1.90 bits per heavy atom. The largest absolute Gasteiger partial charge is 0.420 e. The second-order valence-corrected chi connectivity index (χ2v) is 4.16. The van der Waals surface area contributed by atoms with Gasteiger partial charge in [-0.1, -0.05) is 6.08 Å². The average Bonchev–Trinajstić information content (AvgIpc) is 2.37. The molecule has 1 saturated heterocycles. The van der Waals surface area contributed by atoms with Crippen molar-refractivity contribution >= 4 is 0 Å². The van der Waals surface area contributed by atoms with Gasteiger partial charge in [-0.05, 0) is 0 Å². The lowest BCUT2D eigenvalue weighted by atomic mass is 10.1. The number of rotatable bonds is 6. The average molecular weight is 308 g/mol. The van der Waals surface area contributed by atoms with Crippen LogP contribution in [0.1, 0.15) is 0 Å². The Kier molecular flexibility index (Phi) is 5.84. The molecule has 9 heteroatoms. The molecule has 0 saturated carbocycles. The van der Waals surface area contributed by atoms with Gasteiger partial charge < -0.3 is 14.2 Å². The minimum absolute atomic E-state index is 0.284. The van der Waals surface area contributed by atoms with Gasteiger partial charge in [-0.15, -0.1) is 6.58 Å². The van der Waals surface area contributed by atoms with Gasteiger partial charge in [0, 0.05) is 0 Å². The molecule has 0 aliphatic carbocycles. The lowest BCUT2D eigenvalue weighted by Crippen LogP contribution is -2.58. The Morgan fingerprint density at radius 3 is 2.40 bits per heavy atom. The van der Waals surface area contributed by atoms with Crippen molar-refractivity contribution in [2.75, 3.05) is 26.5 Å². The van der Waals surface area contributed by atoms with Crippen LogP contribution in [0.25, 0.3) is 0 Å². The molecule has 0 N–H and O–H groups in total. The van der Waals surface area contributed by atoms with Crippen LogP contribution in [-0.4, -0.2) is 56.9 Å². The van der Waals surface area contributed by atoms with Crippen LogP contribution in [0.4, 0.5) is 26.3 Å². The molecule has 3 atom stereocenters. The zero-order valence-corrected chi connectivity index (χ0v) is 10.3. The van der Waals surface area contributed by atoms with Crippen LogP contribution in [-0.2, 0) is 14.2 Å². The summed E-state index contributed by atoms with van der Waals surface area (Å²) in [6.07, 6.45) is -11.3. The molecule has 3 nitrogen and oxygen atoms in total. The summed E-state index contributed by atoms with van der Waals surface area (Å²) in [4.78, 5) is 0. The molecule has 1 fully saturated rings. The van der Waals surface area contributed by atoms with Gasteiger partial charge in [0.15, 0.2) is 0 Å². The van der Waals surface area contributed by atoms with Gasteiger partial charge in [0.25, 0.3) is 0 Å². The third-order valence-corrected chi connectivity index (χ3v) is 2.56. The summed E-state index contributed by atoms with van der Waals surface area (Å²) in [5, 5.41) is 0. The van der Waals surface area contributed by atoms with Gasteiger partial charge in [-0.3, -0.25) is 0 Å². The van der Waals surface area contributed by atoms with Crippen molar-refractivity contribution in [1.82, 2.24) is 0 Å². The standard InChI is InChI=1S/C11H14F6O3/c1-2-3-19-9(11(15,16)17)10(13,14)8-6-18-5-7(4-12)20-8/h2,7-9H,1,3-6H2. The SMILES string of the molecule is C=CCOC(C(F)(F)F)C(F)(F)C1COCC(CF)O1. The van der Waals surface area contributed by atoms with Crippen molar-refractivity contribution in [3.8, 4) is 0 Å². The third-order valence-electron chi connectivity index (χ3n) is 2.56. The highest BCUT2D eigenvalue weighted by molar-refractivity contribution is 4.93. The summed E-state index contributed by atoms with van der Waals surface area (Å²) in [6.45, 7) is 0.200. The first-order valence-corrected chi connectivity index (χ1v) is 5.69. The Hall–Kier alpha value is -0.800. The highest BCUT2D eigenvalue weighted by atomic mass is 19.4. The molecule has 1 aliphatic heterocycles. The molecule has 0 spiro atoms. The second kappa shape index (κ2) is 6.77. The molecule has 20 heavy (non-hydrogen) atoms. The zero-order chi connectivity index (χ0) is 15.4. The third kappa shape index (κ3) is 4.10. The molecule has 1 rings (SSSR count). The number of hydrogen-bond acceptors (Lipinski definition) is 3. The summed E-state index contributed by atoms with van der Waals surface area (Å²) in [5.41, 5.74) is 0. The number of hydrogen-bond donors (Lipinski definition) is 0. The lowest BCUT2D eigenvalue weighted by Gasteiger charge is -2.37. The maximum absolute atomic E-state index is 13.9. The highest BCUT2D eigenvalue weighted by Gasteiger charge is 2.62.